The monoisotopic (exact) mass is 800 g/mol. The number of azo groups is 1. The van der Waals surface area contributed by atoms with Crippen LogP contribution in [0.1, 0.15) is 35.4 Å². The lowest BCUT2D eigenvalue weighted by molar-refractivity contribution is -0.138. The molecule has 5 aromatic carbocycles. The van der Waals surface area contributed by atoms with Gasteiger partial charge in [-0.05, 0) is 98.0 Å². The minimum Gasteiger partial charge on any atom is -0.508 e. The Hall–Kier alpha value is -7.08. The molecule has 0 bridgehead atoms. The smallest absolute Gasteiger partial charge is 0.260 e. The van der Waals surface area contributed by atoms with Crippen molar-refractivity contribution in [3.05, 3.63) is 150 Å². The molecule has 302 valence electrons. The lowest BCUT2D eigenvalue weighted by atomic mass is 9.49. The van der Waals surface area contributed by atoms with Crippen molar-refractivity contribution in [3.63, 3.8) is 0 Å². The fraction of sp³-hybridized carbons (Fsp3) is 0.250. The molecule has 5 aromatic rings. The van der Waals surface area contributed by atoms with Crippen LogP contribution in [0.2, 0.25) is 0 Å². The van der Waals surface area contributed by atoms with E-state index in [1.165, 1.54) is 18.1 Å². The number of phenolic OH excluding ortho intramolecular Hbond substituents is 1. The summed E-state index contributed by atoms with van der Waals surface area (Å²) in [5.41, 5.74) is 7.64. The van der Waals surface area contributed by atoms with Crippen LogP contribution in [0, 0.1) is 30.6 Å². The molecular formula is C48H44N6O6. The summed E-state index contributed by atoms with van der Waals surface area (Å²) in [6.07, 6.45) is 2.35. The Balaban J connectivity index is 1.10. The molecule has 2 N–H and O–H groups in total. The first-order valence-electron chi connectivity index (χ1n) is 20.0. The van der Waals surface area contributed by atoms with Crippen molar-refractivity contribution in [2.24, 2.45) is 33.9 Å². The van der Waals surface area contributed by atoms with Crippen LogP contribution in [-0.2, 0) is 24.6 Å². The normalized spacial score (nSPS) is 24.6. The highest BCUT2D eigenvalue weighted by Crippen LogP contribution is 2.65. The lowest BCUT2D eigenvalue weighted by Gasteiger charge is -2.50. The number of anilines is 3. The summed E-state index contributed by atoms with van der Waals surface area (Å²) in [6, 6.07) is 36.1. The molecule has 6 atom stereocenters. The van der Waals surface area contributed by atoms with Crippen LogP contribution in [0.3, 0.4) is 0 Å². The number of imide groups is 2. The molecule has 60 heavy (non-hydrogen) atoms. The second-order valence-corrected chi connectivity index (χ2v) is 16.2. The second kappa shape index (κ2) is 14.9. The van der Waals surface area contributed by atoms with Gasteiger partial charge in [0, 0.05) is 37.3 Å². The molecule has 12 heteroatoms. The van der Waals surface area contributed by atoms with Crippen LogP contribution < -0.4 is 20.0 Å². The standard InChI is InChI=1S/C48H44N6O6/c1-28-10-12-32(13-11-28)51-54-45(57)40-27-39-36(43(37-23-22-35(60-4)26-41(37)55)48(40,47(54)59)29-8-6-5-7-9-29)24-25-38-42(39)46(58)53(44(38)56)34-20-16-31(17-21-34)50-49-30-14-18-33(19-15-30)52(2)3/h5-24,26,38-40,42-43,51,55H,25,27H2,1-4H3/t38-,39+,40-,42-,43+,48+/m0/s1. The van der Waals surface area contributed by atoms with Gasteiger partial charge in [0.15, 0.2) is 0 Å². The van der Waals surface area contributed by atoms with E-state index >= 15 is 4.79 Å². The van der Waals surface area contributed by atoms with Crippen molar-refractivity contribution in [3.8, 4) is 11.5 Å². The molecule has 0 aromatic heterocycles. The Morgan fingerprint density at radius 2 is 1.45 bits per heavy atom. The second-order valence-electron chi connectivity index (χ2n) is 16.2. The summed E-state index contributed by atoms with van der Waals surface area (Å²) >= 11 is 0. The van der Waals surface area contributed by atoms with Crippen LogP contribution in [0.4, 0.5) is 28.4 Å². The molecule has 0 unspecified atom stereocenters. The van der Waals surface area contributed by atoms with Crippen molar-refractivity contribution in [1.82, 2.24) is 5.01 Å². The molecule has 0 radical (unpaired) electrons. The maximum atomic E-state index is 15.4. The topological polar surface area (TPSA) is 144 Å². The van der Waals surface area contributed by atoms with E-state index in [1.807, 2.05) is 111 Å². The van der Waals surface area contributed by atoms with Gasteiger partial charge in [0.25, 0.3) is 11.8 Å². The van der Waals surface area contributed by atoms with E-state index in [-0.39, 0.29) is 30.4 Å². The van der Waals surface area contributed by atoms with Crippen molar-refractivity contribution in [2.75, 3.05) is 36.4 Å². The highest BCUT2D eigenvalue weighted by Gasteiger charge is 2.70. The molecule has 0 spiro atoms. The quantitative estimate of drug-likeness (QED) is 0.0860. The van der Waals surface area contributed by atoms with Gasteiger partial charge in [0.2, 0.25) is 11.8 Å². The highest BCUT2D eigenvalue weighted by molar-refractivity contribution is 6.22. The SMILES string of the molecule is COc1ccc([C@H]2C3=CC[C@@H]4C(=O)N(c5ccc(N=Nc6ccc(N(C)C)cc6)cc5)C(=O)[C@@H]4[C@@H]3C[C@H]3C(=O)N(Nc4ccc(C)cc4)C(=O)[C@@]23c2ccccc2)c(O)c1. The molecular weight excluding hydrogens is 757 g/mol. The highest BCUT2D eigenvalue weighted by atomic mass is 16.5. The molecule has 2 aliphatic carbocycles. The number of phenols is 1. The number of hydrogen-bond acceptors (Lipinski definition) is 10. The van der Waals surface area contributed by atoms with Crippen LogP contribution in [0.5, 0.6) is 11.5 Å². The molecule has 9 rings (SSSR count). The Labute approximate surface area is 347 Å². The van der Waals surface area contributed by atoms with E-state index < -0.39 is 46.8 Å². The third-order valence-electron chi connectivity index (χ3n) is 12.7. The molecule has 2 heterocycles. The number of methoxy groups -OCH3 is 1. The number of rotatable bonds is 9. The van der Waals surface area contributed by atoms with Gasteiger partial charge in [-0.1, -0.05) is 65.7 Å². The number of ether oxygens (including phenoxy) is 1. The summed E-state index contributed by atoms with van der Waals surface area (Å²) in [5.74, 6) is -5.22. The van der Waals surface area contributed by atoms with Crippen LogP contribution in [0.15, 0.2) is 143 Å². The zero-order valence-electron chi connectivity index (χ0n) is 33.6. The van der Waals surface area contributed by atoms with Crippen molar-refractivity contribution < 1.29 is 29.0 Å². The molecule has 4 aliphatic rings. The van der Waals surface area contributed by atoms with Gasteiger partial charge in [0.1, 0.15) is 11.5 Å². The fourth-order valence-electron chi connectivity index (χ4n) is 9.84. The maximum Gasteiger partial charge on any atom is 0.260 e. The number of fused-ring (bicyclic) bond motifs is 4. The van der Waals surface area contributed by atoms with Crippen LogP contribution in [-0.4, -0.2) is 54.9 Å². The molecule has 3 fully saturated rings. The number of allylic oxidation sites excluding steroid dienone is 2. The summed E-state index contributed by atoms with van der Waals surface area (Å²) in [4.78, 5) is 62.7. The molecule has 2 aliphatic heterocycles. The minimum absolute atomic E-state index is 0.111. The molecule has 12 nitrogen and oxygen atoms in total. The number of aryl methyl sites for hydroxylation is 1. The summed E-state index contributed by atoms with van der Waals surface area (Å²) in [7, 11) is 5.43. The van der Waals surface area contributed by atoms with E-state index in [0.29, 0.717) is 39.6 Å². The number of carbonyl (C=O) groups is 4. The Kier molecular flexibility index (Phi) is 9.57. The number of nitrogens with zero attached hydrogens (tertiary/aromatic N) is 5. The number of nitrogens with one attached hydrogen (secondary N) is 1. The van der Waals surface area contributed by atoms with Gasteiger partial charge in [0.05, 0.1) is 53.0 Å². The largest absolute Gasteiger partial charge is 0.508 e. The van der Waals surface area contributed by atoms with Gasteiger partial charge in [-0.2, -0.15) is 15.2 Å². The van der Waals surface area contributed by atoms with Crippen molar-refractivity contribution >= 4 is 52.1 Å². The summed E-state index contributed by atoms with van der Waals surface area (Å²) < 4.78 is 5.44. The number of amides is 4. The summed E-state index contributed by atoms with van der Waals surface area (Å²) in [6.45, 7) is 1.95. The van der Waals surface area contributed by atoms with E-state index in [1.54, 1.807) is 36.4 Å². The average molecular weight is 801 g/mol. The zero-order valence-corrected chi connectivity index (χ0v) is 33.6. The average Bonchev–Trinajstić information content (AvgIpc) is 3.64. The first kappa shape index (κ1) is 38.4. The fourth-order valence-corrected chi connectivity index (χ4v) is 9.84. The lowest BCUT2D eigenvalue weighted by Crippen LogP contribution is -2.53. The molecule has 2 saturated heterocycles. The number of carbonyl (C=O) groups excluding carboxylic acids is 4. The number of hydrogen-bond donors (Lipinski definition) is 2. The predicted molar refractivity (Wildman–Crippen MR) is 227 cm³/mol. The van der Waals surface area contributed by atoms with Crippen molar-refractivity contribution in [2.45, 2.75) is 31.1 Å². The van der Waals surface area contributed by atoms with Gasteiger partial charge < -0.3 is 14.7 Å². The number of hydrazine groups is 1. The Bertz CT molecular complexity index is 2570. The predicted octanol–water partition coefficient (Wildman–Crippen LogP) is 8.38. The van der Waals surface area contributed by atoms with E-state index in [2.05, 4.69) is 15.7 Å². The zero-order chi connectivity index (χ0) is 41.9. The van der Waals surface area contributed by atoms with Crippen LogP contribution in [0.25, 0.3) is 0 Å². The summed E-state index contributed by atoms with van der Waals surface area (Å²) in [5, 5.41) is 21.6. The number of benzene rings is 5. The first-order valence-corrected chi connectivity index (χ1v) is 20.0. The Morgan fingerprint density at radius 1 is 0.783 bits per heavy atom. The molecule has 4 amide bonds. The van der Waals surface area contributed by atoms with Gasteiger partial charge in [-0.25, -0.2) is 0 Å². The maximum absolute atomic E-state index is 15.4. The van der Waals surface area contributed by atoms with E-state index in [9.17, 15) is 19.5 Å². The first-order chi connectivity index (χ1) is 29.0. The van der Waals surface area contributed by atoms with Gasteiger partial charge in [-0.15, -0.1) is 0 Å². The number of aromatic hydroxyl groups is 1. The third-order valence-corrected chi connectivity index (χ3v) is 12.7. The van der Waals surface area contributed by atoms with E-state index in [0.717, 1.165) is 21.8 Å². The van der Waals surface area contributed by atoms with E-state index in [4.69, 9.17) is 4.74 Å². The Morgan fingerprint density at radius 3 is 2.08 bits per heavy atom. The minimum atomic E-state index is -1.51. The van der Waals surface area contributed by atoms with Gasteiger partial charge >= 0.3 is 0 Å². The van der Waals surface area contributed by atoms with Gasteiger partial charge in [-0.3, -0.25) is 29.5 Å². The molecule has 1 saturated carbocycles. The van der Waals surface area contributed by atoms with Crippen molar-refractivity contribution in [1.29, 1.82) is 0 Å². The van der Waals surface area contributed by atoms with Crippen LogP contribution >= 0.6 is 0 Å². The third kappa shape index (κ3) is 6.13.